The number of ether oxygens (including phenoxy) is 1. The molecule has 0 spiro atoms. The maximum absolute atomic E-state index is 13.0. The Hall–Kier alpha value is -2.51. The van der Waals surface area contributed by atoms with Gasteiger partial charge >= 0.3 is 6.09 Å². The van der Waals surface area contributed by atoms with Crippen LogP contribution in [0.15, 0.2) is 52.3 Å². The molecule has 1 aliphatic rings. The van der Waals surface area contributed by atoms with Crippen molar-refractivity contribution < 1.29 is 19.6 Å². The largest absolute Gasteiger partial charge is 0.450 e. The van der Waals surface area contributed by atoms with Crippen LogP contribution in [-0.2, 0) is 9.53 Å². The summed E-state index contributed by atoms with van der Waals surface area (Å²) in [5, 5.41) is 4.83. The Labute approximate surface area is 163 Å². The summed E-state index contributed by atoms with van der Waals surface area (Å²) in [4.78, 5) is 28.6. The molecule has 0 radical (unpaired) electrons. The molecule has 0 unspecified atom stereocenters. The number of rotatable bonds is 6. The summed E-state index contributed by atoms with van der Waals surface area (Å²) in [6.45, 7) is 5.83. The Morgan fingerprint density at radius 1 is 1.11 bits per heavy atom. The van der Waals surface area contributed by atoms with E-state index in [0.29, 0.717) is 18.7 Å². The highest BCUT2D eigenvalue weighted by atomic mass is 32.2. The number of benzene rings is 2. The van der Waals surface area contributed by atoms with Crippen molar-refractivity contribution in [2.45, 2.75) is 30.1 Å². The fraction of sp³-hybridized carbons (Fsp3) is 0.300. The van der Waals surface area contributed by atoms with Gasteiger partial charge in [0, 0.05) is 15.5 Å². The molecule has 6 nitrogen and oxygen atoms in total. The van der Waals surface area contributed by atoms with E-state index in [0.717, 1.165) is 34.3 Å². The molecule has 7 heteroatoms. The molecule has 0 aliphatic carbocycles. The van der Waals surface area contributed by atoms with E-state index in [1.54, 1.807) is 23.6 Å². The number of anilines is 3. The predicted molar refractivity (Wildman–Crippen MR) is 107 cm³/mol. The van der Waals surface area contributed by atoms with Crippen LogP contribution >= 0.6 is 11.8 Å². The SMILES string of the molecule is CC[NH2+]CCC(=O)N1c2ccccc2Sc2ccc(NC(=O)OCC)cc21. The van der Waals surface area contributed by atoms with Crippen molar-refractivity contribution in [1.29, 1.82) is 0 Å². The van der Waals surface area contributed by atoms with Gasteiger partial charge in [0.1, 0.15) is 0 Å². The number of para-hydroxylation sites is 1. The van der Waals surface area contributed by atoms with Crippen LogP contribution in [0.5, 0.6) is 0 Å². The summed E-state index contributed by atoms with van der Waals surface area (Å²) in [5.41, 5.74) is 2.27. The molecular weight excluding hydrogens is 362 g/mol. The first-order chi connectivity index (χ1) is 13.1. The standard InChI is InChI=1S/C20H23N3O3S/c1-3-21-12-11-19(24)23-15-7-5-6-8-17(15)27-18-10-9-14(13-16(18)23)22-20(25)26-4-2/h5-10,13,21H,3-4,11-12H2,1-2H3,(H,22,25)/p+1. The molecule has 3 N–H and O–H groups in total. The monoisotopic (exact) mass is 386 g/mol. The molecule has 1 heterocycles. The van der Waals surface area contributed by atoms with Gasteiger partial charge in [0.05, 0.1) is 37.5 Å². The highest BCUT2D eigenvalue weighted by Crippen LogP contribution is 2.49. The van der Waals surface area contributed by atoms with Gasteiger partial charge in [-0.05, 0) is 44.2 Å². The van der Waals surface area contributed by atoms with E-state index in [-0.39, 0.29) is 5.91 Å². The highest BCUT2D eigenvalue weighted by molar-refractivity contribution is 7.99. The van der Waals surface area contributed by atoms with Gasteiger partial charge in [0.15, 0.2) is 0 Å². The van der Waals surface area contributed by atoms with Gasteiger partial charge in [-0.2, -0.15) is 0 Å². The molecule has 27 heavy (non-hydrogen) atoms. The normalized spacial score (nSPS) is 12.1. The zero-order valence-corrected chi connectivity index (χ0v) is 16.3. The molecular formula is C20H24N3O3S+. The lowest BCUT2D eigenvalue weighted by atomic mass is 10.2. The predicted octanol–water partition coefficient (Wildman–Crippen LogP) is 3.36. The molecule has 2 aromatic carbocycles. The summed E-state index contributed by atoms with van der Waals surface area (Å²) in [6.07, 6.45) is -0.0568. The number of fused-ring (bicyclic) bond motifs is 2. The van der Waals surface area contributed by atoms with Crippen molar-refractivity contribution in [1.82, 2.24) is 0 Å². The minimum Gasteiger partial charge on any atom is -0.450 e. The summed E-state index contributed by atoms with van der Waals surface area (Å²) in [6, 6.07) is 13.5. The zero-order chi connectivity index (χ0) is 19.2. The second kappa shape index (κ2) is 8.92. The topological polar surface area (TPSA) is 75.3 Å². The Balaban J connectivity index is 1.94. The highest BCUT2D eigenvalue weighted by Gasteiger charge is 2.28. The number of nitrogens with one attached hydrogen (secondary N) is 1. The van der Waals surface area contributed by atoms with Crippen LogP contribution in [0.4, 0.5) is 21.9 Å². The van der Waals surface area contributed by atoms with Crippen LogP contribution in [0.2, 0.25) is 0 Å². The number of hydrogen-bond donors (Lipinski definition) is 2. The van der Waals surface area contributed by atoms with Crippen LogP contribution in [0, 0.1) is 0 Å². The number of quaternary nitrogens is 1. The fourth-order valence-electron chi connectivity index (χ4n) is 2.93. The smallest absolute Gasteiger partial charge is 0.411 e. The van der Waals surface area contributed by atoms with Crippen molar-refractivity contribution in [3.8, 4) is 0 Å². The summed E-state index contributed by atoms with van der Waals surface area (Å²) in [7, 11) is 0. The molecule has 0 aromatic heterocycles. The number of carbonyl (C=O) groups is 2. The number of hydrogen-bond acceptors (Lipinski definition) is 4. The van der Waals surface area contributed by atoms with Crippen LogP contribution < -0.4 is 15.5 Å². The first kappa shape index (κ1) is 19.3. The molecule has 0 saturated carbocycles. The number of amides is 2. The third-order valence-corrected chi connectivity index (χ3v) is 5.28. The van der Waals surface area contributed by atoms with Crippen molar-refractivity contribution in [3.05, 3.63) is 42.5 Å². The average Bonchev–Trinajstić information content (AvgIpc) is 2.66. The molecule has 0 atom stereocenters. The van der Waals surface area contributed by atoms with E-state index < -0.39 is 6.09 Å². The number of nitrogens with two attached hydrogens (primary N) is 1. The maximum Gasteiger partial charge on any atom is 0.411 e. The third-order valence-electron chi connectivity index (χ3n) is 4.15. The minimum atomic E-state index is -0.503. The maximum atomic E-state index is 13.0. The first-order valence-corrected chi connectivity index (χ1v) is 9.95. The van der Waals surface area contributed by atoms with Crippen molar-refractivity contribution in [2.24, 2.45) is 0 Å². The Bertz CT molecular complexity index is 841. The molecule has 142 valence electrons. The summed E-state index contributed by atoms with van der Waals surface area (Å²) < 4.78 is 4.95. The van der Waals surface area contributed by atoms with Crippen LogP contribution in [0.25, 0.3) is 0 Å². The van der Waals surface area contributed by atoms with Gasteiger partial charge in [0.25, 0.3) is 0 Å². The first-order valence-electron chi connectivity index (χ1n) is 9.13. The van der Waals surface area contributed by atoms with Gasteiger partial charge in [-0.25, -0.2) is 4.79 Å². The lowest BCUT2D eigenvalue weighted by molar-refractivity contribution is -0.650. The number of carbonyl (C=O) groups excluding carboxylic acids is 2. The van der Waals surface area contributed by atoms with Gasteiger partial charge in [-0.15, -0.1) is 0 Å². The van der Waals surface area contributed by atoms with Gasteiger partial charge < -0.3 is 10.1 Å². The molecule has 3 rings (SSSR count). The zero-order valence-electron chi connectivity index (χ0n) is 15.5. The lowest BCUT2D eigenvalue weighted by Crippen LogP contribution is -2.84. The van der Waals surface area contributed by atoms with Gasteiger partial charge in [-0.3, -0.25) is 15.0 Å². The van der Waals surface area contributed by atoms with E-state index in [9.17, 15) is 9.59 Å². The van der Waals surface area contributed by atoms with Gasteiger partial charge in [0.2, 0.25) is 5.91 Å². The fourth-order valence-corrected chi connectivity index (χ4v) is 3.97. The molecule has 1 aliphatic heterocycles. The lowest BCUT2D eigenvalue weighted by Gasteiger charge is -2.31. The van der Waals surface area contributed by atoms with Crippen LogP contribution in [0.1, 0.15) is 20.3 Å². The average molecular weight is 386 g/mol. The van der Waals surface area contributed by atoms with Crippen molar-refractivity contribution in [2.75, 3.05) is 29.9 Å². The van der Waals surface area contributed by atoms with Crippen LogP contribution in [-0.4, -0.2) is 31.7 Å². The van der Waals surface area contributed by atoms with E-state index in [2.05, 4.69) is 17.6 Å². The van der Waals surface area contributed by atoms with Gasteiger partial charge in [-0.1, -0.05) is 23.9 Å². The summed E-state index contributed by atoms with van der Waals surface area (Å²) in [5.74, 6) is 0.0435. The van der Waals surface area contributed by atoms with E-state index in [1.165, 1.54) is 0 Å². The third kappa shape index (κ3) is 4.43. The molecule has 0 fully saturated rings. The second-order valence-corrected chi connectivity index (χ2v) is 7.15. The molecule has 2 aromatic rings. The van der Waals surface area contributed by atoms with Crippen molar-refractivity contribution in [3.63, 3.8) is 0 Å². The molecule has 0 bridgehead atoms. The molecule has 2 amide bonds. The van der Waals surface area contributed by atoms with Crippen molar-refractivity contribution >= 4 is 40.8 Å². The second-order valence-electron chi connectivity index (χ2n) is 6.06. The summed E-state index contributed by atoms with van der Waals surface area (Å²) >= 11 is 1.62. The molecule has 0 saturated heterocycles. The minimum absolute atomic E-state index is 0.0435. The van der Waals surface area contributed by atoms with Crippen LogP contribution in [0.3, 0.4) is 0 Å². The number of nitrogens with zero attached hydrogens (tertiary/aromatic N) is 1. The van der Waals surface area contributed by atoms with E-state index in [4.69, 9.17) is 4.74 Å². The Kier molecular flexibility index (Phi) is 6.36. The van der Waals surface area contributed by atoms with E-state index in [1.807, 2.05) is 42.5 Å². The Morgan fingerprint density at radius 3 is 2.67 bits per heavy atom. The Morgan fingerprint density at radius 2 is 1.89 bits per heavy atom. The quantitative estimate of drug-likeness (QED) is 0.747. The van der Waals surface area contributed by atoms with E-state index >= 15 is 0 Å².